The van der Waals surface area contributed by atoms with E-state index in [0.717, 1.165) is 12.0 Å². The second kappa shape index (κ2) is 11.1. The summed E-state index contributed by atoms with van der Waals surface area (Å²) in [5.41, 5.74) is 2.19. The van der Waals surface area contributed by atoms with Crippen LogP contribution < -0.4 is 14.8 Å². The van der Waals surface area contributed by atoms with Gasteiger partial charge in [0, 0.05) is 12.2 Å². The summed E-state index contributed by atoms with van der Waals surface area (Å²) in [5, 5.41) is 2.83. The van der Waals surface area contributed by atoms with Crippen molar-refractivity contribution in [3.8, 4) is 11.5 Å². The molecule has 2 aromatic rings. The number of rotatable bonds is 10. The van der Waals surface area contributed by atoms with Gasteiger partial charge in [-0.1, -0.05) is 6.07 Å². The maximum Gasteiger partial charge on any atom is 0.338 e. The third-order valence-electron chi connectivity index (χ3n) is 4.32. The highest BCUT2D eigenvalue weighted by atomic mass is 16.5. The van der Waals surface area contributed by atoms with Gasteiger partial charge in [-0.05, 0) is 62.4 Å². The SMILES string of the molecule is CCOC(=O)c1ccc(NC(=O)CN(C)CCc2ccc(OC)c(OC)c2)cc1. The lowest BCUT2D eigenvalue weighted by atomic mass is 10.1. The number of carbonyl (C=O) groups excluding carboxylic acids is 2. The van der Waals surface area contributed by atoms with E-state index in [1.54, 1.807) is 45.4 Å². The van der Waals surface area contributed by atoms with Gasteiger partial charge in [0.15, 0.2) is 11.5 Å². The van der Waals surface area contributed by atoms with E-state index >= 15 is 0 Å². The highest BCUT2D eigenvalue weighted by Crippen LogP contribution is 2.27. The number of methoxy groups -OCH3 is 2. The number of ether oxygens (including phenoxy) is 3. The van der Waals surface area contributed by atoms with Crippen molar-refractivity contribution in [1.82, 2.24) is 4.90 Å². The molecular weight excluding hydrogens is 372 g/mol. The molecule has 0 aliphatic carbocycles. The van der Waals surface area contributed by atoms with E-state index in [-0.39, 0.29) is 18.4 Å². The second-order valence-electron chi connectivity index (χ2n) is 6.52. The third kappa shape index (κ3) is 6.80. The number of likely N-dealkylation sites (N-methyl/N-ethyl adjacent to an activating group) is 1. The Balaban J connectivity index is 1.82. The van der Waals surface area contributed by atoms with Crippen molar-refractivity contribution >= 4 is 17.6 Å². The Morgan fingerprint density at radius 2 is 1.69 bits per heavy atom. The van der Waals surface area contributed by atoms with Crippen molar-refractivity contribution in [2.75, 3.05) is 46.3 Å². The fraction of sp³-hybridized carbons (Fsp3) is 0.364. The van der Waals surface area contributed by atoms with Crippen LogP contribution in [-0.2, 0) is 16.0 Å². The summed E-state index contributed by atoms with van der Waals surface area (Å²) in [7, 11) is 5.11. The molecule has 0 spiro atoms. The number of nitrogens with zero attached hydrogens (tertiary/aromatic N) is 1. The van der Waals surface area contributed by atoms with Crippen LogP contribution in [0.4, 0.5) is 5.69 Å². The summed E-state index contributed by atoms with van der Waals surface area (Å²) in [4.78, 5) is 25.9. The molecule has 1 N–H and O–H groups in total. The summed E-state index contributed by atoms with van der Waals surface area (Å²) < 4.78 is 15.5. The molecule has 7 heteroatoms. The molecular formula is C22H28N2O5. The smallest absolute Gasteiger partial charge is 0.338 e. The molecule has 0 aliphatic heterocycles. The minimum atomic E-state index is -0.375. The Labute approximate surface area is 171 Å². The summed E-state index contributed by atoms with van der Waals surface area (Å²) in [6.07, 6.45) is 0.776. The Hall–Kier alpha value is -3.06. The minimum absolute atomic E-state index is 0.122. The van der Waals surface area contributed by atoms with E-state index in [1.165, 1.54) is 0 Å². The molecule has 0 saturated carbocycles. The molecule has 1 amide bonds. The Bertz CT molecular complexity index is 820. The summed E-state index contributed by atoms with van der Waals surface area (Å²) in [5.74, 6) is 0.888. The van der Waals surface area contributed by atoms with E-state index in [9.17, 15) is 9.59 Å². The predicted molar refractivity (Wildman–Crippen MR) is 112 cm³/mol. The van der Waals surface area contributed by atoms with Gasteiger partial charge in [-0.3, -0.25) is 9.69 Å². The normalized spacial score (nSPS) is 10.5. The number of amides is 1. The van der Waals surface area contributed by atoms with Crippen molar-refractivity contribution in [1.29, 1.82) is 0 Å². The average Bonchev–Trinajstić information content (AvgIpc) is 2.72. The highest BCUT2D eigenvalue weighted by Gasteiger charge is 2.10. The molecule has 0 bridgehead atoms. The third-order valence-corrected chi connectivity index (χ3v) is 4.32. The van der Waals surface area contributed by atoms with Crippen LogP contribution in [-0.4, -0.2) is 57.7 Å². The molecule has 156 valence electrons. The maximum absolute atomic E-state index is 12.3. The molecule has 7 nitrogen and oxygen atoms in total. The van der Waals surface area contributed by atoms with Crippen LogP contribution >= 0.6 is 0 Å². The minimum Gasteiger partial charge on any atom is -0.493 e. The fourth-order valence-electron chi connectivity index (χ4n) is 2.78. The number of hydrogen-bond donors (Lipinski definition) is 1. The zero-order chi connectivity index (χ0) is 21.2. The quantitative estimate of drug-likeness (QED) is 0.618. The predicted octanol–water partition coefficient (Wildman–Crippen LogP) is 2.99. The molecule has 0 radical (unpaired) electrons. The van der Waals surface area contributed by atoms with Crippen LogP contribution in [0.2, 0.25) is 0 Å². The second-order valence-corrected chi connectivity index (χ2v) is 6.52. The molecule has 2 aromatic carbocycles. The largest absolute Gasteiger partial charge is 0.493 e. The number of benzene rings is 2. The average molecular weight is 400 g/mol. The topological polar surface area (TPSA) is 77.1 Å². The van der Waals surface area contributed by atoms with Crippen LogP contribution in [0.25, 0.3) is 0 Å². The number of nitrogens with one attached hydrogen (secondary N) is 1. The molecule has 0 heterocycles. The van der Waals surface area contributed by atoms with Gasteiger partial charge >= 0.3 is 5.97 Å². The lowest BCUT2D eigenvalue weighted by Crippen LogP contribution is -2.31. The number of carbonyl (C=O) groups is 2. The standard InChI is InChI=1S/C22H28N2O5/c1-5-29-22(26)17-7-9-18(10-8-17)23-21(25)15-24(2)13-12-16-6-11-19(27-3)20(14-16)28-4/h6-11,14H,5,12-13,15H2,1-4H3,(H,23,25). The number of hydrogen-bond acceptors (Lipinski definition) is 6. The zero-order valence-electron chi connectivity index (χ0n) is 17.4. The van der Waals surface area contributed by atoms with Gasteiger partial charge < -0.3 is 19.5 Å². The number of esters is 1. The molecule has 0 aliphatic rings. The fourth-order valence-corrected chi connectivity index (χ4v) is 2.78. The van der Waals surface area contributed by atoms with E-state index in [4.69, 9.17) is 14.2 Å². The van der Waals surface area contributed by atoms with Gasteiger partial charge in [-0.15, -0.1) is 0 Å². The summed E-state index contributed by atoms with van der Waals surface area (Å²) in [6.45, 7) is 3.05. The molecule has 2 rings (SSSR count). The van der Waals surface area contributed by atoms with Gasteiger partial charge in [0.05, 0.1) is 32.9 Å². The van der Waals surface area contributed by atoms with Crippen molar-refractivity contribution in [2.45, 2.75) is 13.3 Å². The van der Waals surface area contributed by atoms with Crippen LogP contribution in [0.1, 0.15) is 22.8 Å². The van der Waals surface area contributed by atoms with E-state index < -0.39 is 0 Å². The van der Waals surface area contributed by atoms with E-state index in [0.29, 0.717) is 35.9 Å². The Morgan fingerprint density at radius 1 is 1.00 bits per heavy atom. The van der Waals surface area contributed by atoms with Gasteiger partial charge in [0.1, 0.15) is 0 Å². The highest BCUT2D eigenvalue weighted by molar-refractivity contribution is 5.94. The van der Waals surface area contributed by atoms with Crippen molar-refractivity contribution in [2.24, 2.45) is 0 Å². The molecule has 0 unspecified atom stereocenters. The van der Waals surface area contributed by atoms with E-state index in [1.807, 2.05) is 30.1 Å². The molecule has 0 aromatic heterocycles. The lowest BCUT2D eigenvalue weighted by molar-refractivity contribution is -0.117. The molecule has 0 fully saturated rings. The first-order chi connectivity index (χ1) is 14.0. The summed E-state index contributed by atoms with van der Waals surface area (Å²) >= 11 is 0. The van der Waals surface area contributed by atoms with Crippen LogP contribution in [0.15, 0.2) is 42.5 Å². The molecule has 0 atom stereocenters. The number of anilines is 1. The van der Waals surface area contributed by atoms with Gasteiger partial charge in [0.25, 0.3) is 0 Å². The lowest BCUT2D eigenvalue weighted by Gasteiger charge is -2.17. The molecule has 0 saturated heterocycles. The monoisotopic (exact) mass is 400 g/mol. The van der Waals surface area contributed by atoms with Crippen molar-refractivity contribution in [3.63, 3.8) is 0 Å². The Morgan fingerprint density at radius 3 is 2.31 bits per heavy atom. The zero-order valence-corrected chi connectivity index (χ0v) is 17.4. The van der Waals surface area contributed by atoms with Gasteiger partial charge in [0.2, 0.25) is 5.91 Å². The maximum atomic E-state index is 12.3. The molecule has 29 heavy (non-hydrogen) atoms. The van der Waals surface area contributed by atoms with Crippen LogP contribution in [0, 0.1) is 0 Å². The summed E-state index contributed by atoms with van der Waals surface area (Å²) in [6, 6.07) is 12.4. The van der Waals surface area contributed by atoms with Gasteiger partial charge in [-0.25, -0.2) is 4.79 Å². The van der Waals surface area contributed by atoms with Crippen LogP contribution in [0.5, 0.6) is 11.5 Å². The van der Waals surface area contributed by atoms with Crippen molar-refractivity contribution < 1.29 is 23.8 Å². The van der Waals surface area contributed by atoms with Crippen molar-refractivity contribution in [3.05, 3.63) is 53.6 Å². The Kier molecular flexibility index (Phi) is 8.48. The van der Waals surface area contributed by atoms with E-state index in [2.05, 4.69) is 5.32 Å². The first kappa shape index (κ1) is 22.2. The first-order valence-corrected chi connectivity index (χ1v) is 9.43. The first-order valence-electron chi connectivity index (χ1n) is 9.43. The van der Waals surface area contributed by atoms with Gasteiger partial charge in [-0.2, -0.15) is 0 Å². The van der Waals surface area contributed by atoms with Crippen LogP contribution in [0.3, 0.4) is 0 Å².